The standard InChI is InChI=1S/C13H18O6/c1-9(7-11(14)17-2)13(16)18-8-12(15)19-10-5-3-4-6-10/h10H,1,3-8H2,2H3. The minimum Gasteiger partial charge on any atom is -0.469 e. The normalized spacial score (nSPS) is 14.8. The molecule has 0 N–H and O–H groups in total. The summed E-state index contributed by atoms with van der Waals surface area (Å²) < 4.78 is 14.2. The van der Waals surface area contributed by atoms with Gasteiger partial charge in [0.05, 0.1) is 13.5 Å². The Hall–Kier alpha value is -1.85. The van der Waals surface area contributed by atoms with Crippen molar-refractivity contribution in [3.8, 4) is 0 Å². The summed E-state index contributed by atoms with van der Waals surface area (Å²) >= 11 is 0. The van der Waals surface area contributed by atoms with Crippen LogP contribution in [0.1, 0.15) is 32.1 Å². The summed E-state index contributed by atoms with van der Waals surface area (Å²) in [4.78, 5) is 33.7. The van der Waals surface area contributed by atoms with Crippen molar-refractivity contribution in [1.29, 1.82) is 0 Å². The maximum Gasteiger partial charge on any atom is 0.344 e. The molecule has 0 aromatic rings. The van der Waals surface area contributed by atoms with Gasteiger partial charge in [0.15, 0.2) is 6.61 Å². The number of ether oxygens (including phenoxy) is 3. The Morgan fingerprint density at radius 3 is 2.37 bits per heavy atom. The Morgan fingerprint density at radius 1 is 1.16 bits per heavy atom. The second-order valence-corrected chi connectivity index (χ2v) is 4.33. The van der Waals surface area contributed by atoms with Crippen LogP contribution in [0.4, 0.5) is 0 Å². The number of carbonyl (C=O) groups is 3. The van der Waals surface area contributed by atoms with E-state index in [2.05, 4.69) is 11.3 Å². The fraction of sp³-hybridized carbons (Fsp3) is 0.615. The first-order chi connectivity index (χ1) is 9.02. The minimum atomic E-state index is -0.797. The summed E-state index contributed by atoms with van der Waals surface area (Å²) in [5, 5.41) is 0. The summed E-state index contributed by atoms with van der Waals surface area (Å²) in [7, 11) is 1.21. The zero-order valence-electron chi connectivity index (χ0n) is 11.0. The number of methoxy groups -OCH3 is 1. The van der Waals surface area contributed by atoms with E-state index in [0.717, 1.165) is 25.7 Å². The average molecular weight is 270 g/mol. The molecule has 0 heterocycles. The Morgan fingerprint density at radius 2 is 1.79 bits per heavy atom. The van der Waals surface area contributed by atoms with Crippen molar-refractivity contribution < 1.29 is 28.6 Å². The smallest absolute Gasteiger partial charge is 0.344 e. The van der Waals surface area contributed by atoms with Crippen molar-refractivity contribution in [2.24, 2.45) is 0 Å². The van der Waals surface area contributed by atoms with Gasteiger partial charge in [0.1, 0.15) is 6.10 Å². The Bertz CT molecular complexity index is 367. The van der Waals surface area contributed by atoms with E-state index in [1.807, 2.05) is 0 Å². The number of carbonyl (C=O) groups excluding carboxylic acids is 3. The fourth-order valence-corrected chi connectivity index (χ4v) is 1.77. The molecule has 0 atom stereocenters. The van der Waals surface area contributed by atoms with Crippen LogP contribution in [0.2, 0.25) is 0 Å². The van der Waals surface area contributed by atoms with Gasteiger partial charge in [-0.15, -0.1) is 0 Å². The third-order valence-corrected chi connectivity index (χ3v) is 2.80. The van der Waals surface area contributed by atoms with Crippen molar-refractivity contribution in [2.75, 3.05) is 13.7 Å². The first-order valence-electron chi connectivity index (χ1n) is 6.14. The van der Waals surface area contributed by atoms with Gasteiger partial charge in [-0.2, -0.15) is 0 Å². The van der Waals surface area contributed by atoms with Crippen molar-refractivity contribution in [1.82, 2.24) is 0 Å². The lowest BCUT2D eigenvalue weighted by atomic mass is 10.2. The van der Waals surface area contributed by atoms with Gasteiger partial charge in [-0.1, -0.05) is 6.58 Å². The molecular weight excluding hydrogens is 252 g/mol. The minimum absolute atomic E-state index is 0.0551. The molecular formula is C13H18O6. The number of hydrogen-bond acceptors (Lipinski definition) is 6. The number of esters is 3. The largest absolute Gasteiger partial charge is 0.469 e. The van der Waals surface area contributed by atoms with Crippen LogP contribution >= 0.6 is 0 Å². The van der Waals surface area contributed by atoms with Gasteiger partial charge < -0.3 is 14.2 Å². The monoisotopic (exact) mass is 270 g/mol. The first-order valence-corrected chi connectivity index (χ1v) is 6.14. The summed E-state index contributed by atoms with van der Waals surface area (Å²) in [6.45, 7) is 2.93. The third kappa shape index (κ3) is 5.54. The molecule has 106 valence electrons. The molecule has 1 saturated carbocycles. The maximum atomic E-state index is 11.4. The molecule has 6 nitrogen and oxygen atoms in total. The van der Waals surface area contributed by atoms with Crippen LogP contribution in [-0.2, 0) is 28.6 Å². The van der Waals surface area contributed by atoms with Gasteiger partial charge in [-0.05, 0) is 25.7 Å². The molecule has 1 aliphatic carbocycles. The van der Waals surface area contributed by atoms with E-state index < -0.39 is 24.5 Å². The SMILES string of the molecule is C=C(CC(=O)OC)C(=O)OCC(=O)OC1CCCC1. The molecule has 0 spiro atoms. The van der Waals surface area contributed by atoms with Crippen LogP contribution in [0, 0.1) is 0 Å². The van der Waals surface area contributed by atoms with Crippen molar-refractivity contribution in [2.45, 2.75) is 38.2 Å². The highest BCUT2D eigenvalue weighted by atomic mass is 16.6. The van der Waals surface area contributed by atoms with E-state index in [0.29, 0.717) is 0 Å². The predicted molar refractivity (Wildman–Crippen MR) is 65.1 cm³/mol. The van der Waals surface area contributed by atoms with Gasteiger partial charge >= 0.3 is 17.9 Å². The van der Waals surface area contributed by atoms with Crippen LogP contribution in [0.3, 0.4) is 0 Å². The Kier molecular flexibility index (Phi) is 6.05. The lowest BCUT2D eigenvalue weighted by Crippen LogP contribution is -2.22. The van der Waals surface area contributed by atoms with Crippen LogP contribution < -0.4 is 0 Å². The molecule has 1 rings (SSSR count). The molecule has 0 bridgehead atoms. The predicted octanol–water partition coefficient (Wildman–Crippen LogP) is 1.13. The molecule has 19 heavy (non-hydrogen) atoms. The lowest BCUT2D eigenvalue weighted by molar-refractivity contribution is -0.160. The maximum absolute atomic E-state index is 11.4. The zero-order chi connectivity index (χ0) is 14.3. The topological polar surface area (TPSA) is 78.9 Å². The van der Waals surface area contributed by atoms with Crippen LogP contribution in [0.15, 0.2) is 12.2 Å². The summed E-state index contributed by atoms with van der Waals surface area (Å²) in [5.41, 5.74) is -0.0551. The summed E-state index contributed by atoms with van der Waals surface area (Å²) in [6, 6.07) is 0. The van der Waals surface area contributed by atoms with Gasteiger partial charge in [0.2, 0.25) is 0 Å². The number of hydrogen-bond donors (Lipinski definition) is 0. The second kappa shape index (κ2) is 7.56. The van der Waals surface area contributed by atoms with E-state index in [1.165, 1.54) is 7.11 Å². The highest BCUT2D eigenvalue weighted by Crippen LogP contribution is 2.20. The zero-order valence-corrected chi connectivity index (χ0v) is 11.0. The van der Waals surface area contributed by atoms with E-state index in [-0.39, 0.29) is 18.1 Å². The average Bonchev–Trinajstić information content (AvgIpc) is 2.88. The third-order valence-electron chi connectivity index (χ3n) is 2.80. The van der Waals surface area contributed by atoms with Crippen molar-refractivity contribution in [3.05, 3.63) is 12.2 Å². The molecule has 6 heteroatoms. The van der Waals surface area contributed by atoms with Crippen LogP contribution in [-0.4, -0.2) is 37.7 Å². The molecule has 1 fully saturated rings. The quantitative estimate of drug-likeness (QED) is 0.409. The summed E-state index contributed by atoms with van der Waals surface area (Å²) in [5.74, 6) is -1.96. The molecule has 0 aromatic carbocycles. The molecule has 0 amide bonds. The van der Waals surface area contributed by atoms with Gasteiger partial charge in [0, 0.05) is 5.57 Å². The second-order valence-electron chi connectivity index (χ2n) is 4.33. The van der Waals surface area contributed by atoms with Gasteiger partial charge in [-0.25, -0.2) is 9.59 Å². The Balaban J connectivity index is 2.23. The first kappa shape index (κ1) is 15.2. The summed E-state index contributed by atoms with van der Waals surface area (Å²) in [6.07, 6.45) is 3.49. The molecule has 0 saturated heterocycles. The van der Waals surface area contributed by atoms with E-state index in [1.54, 1.807) is 0 Å². The van der Waals surface area contributed by atoms with E-state index in [9.17, 15) is 14.4 Å². The van der Waals surface area contributed by atoms with E-state index >= 15 is 0 Å². The Labute approximate surface area is 111 Å². The molecule has 0 aliphatic heterocycles. The number of rotatable bonds is 6. The fourth-order valence-electron chi connectivity index (χ4n) is 1.77. The van der Waals surface area contributed by atoms with Crippen molar-refractivity contribution >= 4 is 17.9 Å². The molecule has 0 radical (unpaired) electrons. The lowest BCUT2D eigenvalue weighted by Gasteiger charge is -2.11. The van der Waals surface area contributed by atoms with E-state index in [4.69, 9.17) is 9.47 Å². The highest BCUT2D eigenvalue weighted by Gasteiger charge is 2.20. The van der Waals surface area contributed by atoms with Crippen LogP contribution in [0.25, 0.3) is 0 Å². The van der Waals surface area contributed by atoms with Crippen LogP contribution in [0.5, 0.6) is 0 Å². The highest BCUT2D eigenvalue weighted by molar-refractivity contribution is 5.94. The molecule has 1 aliphatic rings. The molecule has 0 aromatic heterocycles. The van der Waals surface area contributed by atoms with Gasteiger partial charge in [0.25, 0.3) is 0 Å². The molecule has 0 unspecified atom stereocenters. The van der Waals surface area contributed by atoms with Crippen molar-refractivity contribution in [3.63, 3.8) is 0 Å². The van der Waals surface area contributed by atoms with Gasteiger partial charge in [-0.3, -0.25) is 4.79 Å².